The first-order valence-electron chi connectivity index (χ1n) is 9.42. The summed E-state index contributed by atoms with van der Waals surface area (Å²) in [7, 11) is 4.07. The second-order valence-corrected chi connectivity index (χ2v) is 8.37. The molecule has 1 aliphatic heterocycles. The molecular formula is C22H20N4O2S. The fraction of sp³-hybridized carbons (Fsp3) is 0.182. The first kappa shape index (κ1) is 17.9. The Kier molecular flexibility index (Phi) is 4.15. The summed E-state index contributed by atoms with van der Waals surface area (Å²) >= 11 is 1.56. The van der Waals surface area contributed by atoms with E-state index in [9.17, 15) is 9.59 Å². The number of benzene rings is 1. The number of fused-ring (bicyclic) bond motifs is 2. The Bertz CT molecular complexity index is 1300. The molecule has 0 saturated heterocycles. The summed E-state index contributed by atoms with van der Waals surface area (Å²) in [6.07, 6.45) is 3.82. The summed E-state index contributed by atoms with van der Waals surface area (Å²) < 4.78 is 3.14. The number of H-pyrrole nitrogens is 1. The van der Waals surface area contributed by atoms with Crippen LogP contribution in [0.1, 0.15) is 11.1 Å². The molecule has 5 rings (SSSR count). The van der Waals surface area contributed by atoms with E-state index >= 15 is 0 Å². The topological polar surface area (TPSA) is 70.1 Å². The predicted octanol–water partition coefficient (Wildman–Crippen LogP) is 3.31. The Balaban J connectivity index is 1.75. The second-order valence-electron chi connectivity index (χ2n) is 7.46. The minimum atomic E-state index is -0.343. The van der Waals surface area contributed by atoms with Gasteiger partial charge in [0, 0.05) is 47.5 Å². The van der Waals surface area contributed by atoms with Crippen LogP contribution < -0.4 is 5.32 Å². The molecule has 0 aliphatic carbocycles. The number of aromatic nitrogens is 2. The van der Waals surface area contributed by atoms with Gasteiger partial charge < -0.3 is 14.5 Å². The molecule has 6 nitrogen and oxygen atoms in total. The lowest BCUT2D eigenvalue weighted by atomic mass is 9.97. The summed E-state index contributed by atoms with van der Waals surface area (Å²) in [5.41, 5.74) is 4.49. The molecule has 29 heavy (non-hydrogen) atoms. The number of imide groups is 1. The van der Waals surface area contributed by atoms with E-state index in [1.165, 1.54) is 0 Å². The molecule has 1 aromatic carbocycles. The van der Waals surface area contributed by atoms with Gasteiger partial charge in [0.2, 0.25) is 0 Å². The van der Waals surface area contributed by atoms with E-state index in [4.69, 9.17) is 0 Å². The number of aromatic amines is 1. The molecule has 3 aromatic heterocycles. The molecule has 1 aliphatic rings. The molecule has 0 spiro atoms. The molecule has 0 unspecified atom stereocenters. The Morgan fingerprint density at radius 1 is 1.03 bits per heavy atom. The summed E-state index contributed by atoms with van der Waals surface area (Å²) in [5.74, 6) is -0.684. The number of carbonyl (C=O) groups is 2. The Morgan fingerprint density at radius 2 is 1.79 bits per heavy atom. The number of para-hydroxylation sites is 1. The molecule has 2 amide bonds. The SMILES string of the molecule is CN(C)CCn1cc(C2=C(c3c[nH]c4ccsc34)C(=O)NC2=O)c2ccccc21. The van der Waals surface area contributed by atoms with Crippen LogP contribution in [0, 0.1) is 0 Å². The molecule has 4 aromatic rings. The van der Waals surface area contributed by atoms with Crippen molar-refractivity contribution in [2.24, 2.45) is 0 Å². The van der Waals surface area contributed by atoms with Gasteiger partial charge in [-0.15, -0.1) is 11.3 Å². The third-order valence-corrected chi connectivity index (χ3v) is 6.28. The van der Waals surface area contributed by atoms with Crippen LogP contribution in [0.2, 0.25) is 0 Å². The molecule has 7 heteroatoms. The Hall–Kier alpha value is -3.16. The summed E-state index contributed by atoms with van der Waals surface area (Å²) in [6.45, 7) is 1.67. The molecule has 0 radical (unpaired) electrons. The van der Waals surface area contributed by atoms with Gasteiger partial charge in [0.15, 0.2) is 0 Å². The van der Waals surface area contributed by atoms with Gasteiger partial charge in [0.1, 0.15) is 0 Å². The fourth-order valence-electron chi connectivity index (χ4n) is 3.94. The zero-order chi connectivity index (χ0) is 20.1. The highest BCUT2D eigenvalue weighted by Gasteiger charge is 2.35. The highest BCUT2D eigenvalue weighted by Crippen LogP contribution is 2.39. The van der Waals surface area contributed by atoms with Gasteiger partial charge in [-0.3, -0.25) is 14.9 Å². The lowest BCUT2D eigenvalue weighted by Gasteiger charge is -2.10. The van der Waals surface area contributed by atoms with Crippen LogP contribution >= 0.6 is 11.3 Å². The number of carbonyl (C=O) groups excluding carboxylic acids is 2. The monoisotopic (exact) mass is 404 g/mol. The zero-order valence-electron chi connectivity index (χ0n) is 16.2. The number of likely N-dealkylation sites (N-methyl/N-ethyl adjacent to an activating group) is 1. The quantitative estimate of drug-likeness (QED) is 0.502. The third kappa shape index (κ3) is 2.82. The van der Waals surface area contributed by atoms with E-state index in [-0.39, 0.29) is 11.8 Å². The van der Waals surface area contributed by atoms with Crippen LogP contribution in [0.5, 0.6) is 0 Å². The van der Waals surface area contributed by atoms with Gasteiger partial charge in [-0.25, -0.2) is 0 Å². The largest absolute Gasteiger partial charge is 0.360 e. The highest BCUT2D eigenvalue weighted by atomic mass is 32.1. The molecule has 0 atom stereocenters. The van der Waals surface area contributed by atoms with Crippen LogP contribution in [0.15, 0.2) is 48.1 Å². The lowest BCUT2D eigenvalue weighted by Crippen LogP contribution is -2.22. The van der Waals surface area contributed by atoms with Gasteiger partial charge in [0.25, 0.3) is 11.8 Å². The number of hydrogen-bond donors (Lipinski definition) is 2. The molecule has 146 valence electrons. The number of hydrogen-bond acceptors (Lipinski definition) is 4. The van der Waals surface area contributed by atoms with Crippen LogP contribution in [0.25, 0.3) is 32.3 Å². The minimum absolute atomic E-state index is 0.341. The maximum Gasteiger partial charge on any atom is 0.259 e. The van der Waals surface area contributed by atoms with Gasteiger partial charge in [-0.1, -0.05) is 18.2 Å². The van der Waals surface area contributed by atoms with Crippen molar-refractivity contribution >= 4 is 55.4 Å². The average molecular weight is 404 g/mol. The smallest absolute Gasteiger partial charge is 0.259 e. The number of rotatable bonds is 5. The average Bonchev–Trinajstić information content (AvgIpc) is 3.43. The number of amides is 2. The highest BCUT2D eigenvalue weighted by molar-refractivity contribution is 7.17. The van der Waals surface area contributed by atoms with Crippen molar-refractivity contribution < 1.29 is 9.59 Å². The van der Waals surface area contributed by atoms with Crippen LogP contribution in [0.3, 0.4) is 0 Å². The first-order valence-corrected chi connectivity index (χ1v) is 10.3. The van der Waals surface area contributed by atoms with E-state index in [1.54, 1.807) is 11.3 Å². The molecule has 0 saturated carbocycles. The van der Waals surface area contributed by atoms with Crippen molar-refractivity contribution in [3.63, 3.8) is 0 Å². The zero-order valence-corrected chi connectivity index (χ0v) is 17.0. The molecule has 0 fully saturated rings. The normalized spacial score (nSPS) is 14.7. The minimum Gasteiger partial charge on any atom is -0.360 e. The van der Waals surface area contributed by atoms with Crippen molar-refractivity contribution in [3.8, 4) is 0 Å². The van der Waals surface area contributed by atoms with Gasteiger partial charge in [-0.05, 0) is 31.6 Å². The standard InChI is InChI=1S/C22H20N4O2S/c1-25(2)8-9-26-12-15(13-5-3-4-6-17(13)26)19-18(21(27)24-22(19)28)14-11-23-16-7-10-29-20(14)16/h3-7,10-12,23H,8-9H2,1-2H3,(H,24,27,28). The maximum atomic E-state index is 12.9. The number of thiophene rings is 1. The number of nitrogens with zero attached hydrogens (tertiary/aromatic N) is 2. The van der Waals surface area contributed by atoms with E-state index in [1.807, 2.05) is 56.1 Å². The summed E-state index contributed by atoms with van der Waals surface area (Å²) in [6, 6.07) is 10.00. The van der Waals surface area contributed by atoms with E-state index < -0.39 is 0 Å². The predicted molar refractivity (Wildman–Crippen MR) is 117 cm³/mol. The third-order valence-electron chi connectivity index (χ3n) is 5.33. The van der Waals surface area contributed by atoms with Gasteiger partial charge >= 0.3 is 0 Å². The Morgan fingerprint density at radius 3 is 2.59 bits per heavy atom. The van der Waals surface area contributed by atoms with E-state index in [2.05, 4.69) is 25.8 Å². The summed E-state index contributed by atoms with van der Waals surface area (Å²) in [5, 5.41) is 5.46. The van der Waals surface area contributed by atoms with Crippen molar-refractivity contribution in [1.82, 2.24) is 19.8 Å². The van der Waals surface area contributed by atoms with Gasteiger partial charge in [0.05, 0.1) is 21.4 Å². The van der Waals surface area contributed by atoms with Gasteiger partial charge in [-0.2, -0.15) is 0 Å². The fourth-order valence-corrected chi connectivity index (χ4v) is 4.82. The Labute approximate surface area is 171 Å². The van der Waals surface area contributed by atoms with Crippen LogP contribution in [0.4, 0.5) is 0 Å². The number of nitrogens with one attached hydrogen (secondary N) is 2. The van der Waals surface area contributed by atoms with E-state index in [0.29, 0.717) is 11.1 Å². The molecule has 0 bridgehead atoms. The summed E-state index contributed by atoms with van der Waals surface area (Å²) in [4.78, 5) is 31.0. The van der Waals surface area contributed by atoms with Crippen molar-refractivity contribution in [3.05, 3.63) is 59.2 Å². The molecular weight excluding hydrogens is 384 g/mol. The molecule has 4 heterocycles. The van der Waals surface area contributed by atoms with Crippen molar-refractivity contribution in [1.29, 1.82) is 0 Å². The first-order chi connectivity index (χ1) is 14.0. The molecule has 2 N–H and O–H groups in total. The van der Waals surface area contributed by atoms with Crippen LogP contribution in [-0.2, 0) is 16.1 Å². The lowest BCUT2D eigenvalue weighted by molar-refractivity contribution is -0.122. The van der Waals surface area contributed by atoms with Crippen LogP contribution in [-0.4, -0.2) is 46.9 Å². The second kappa shape index (κ2) is 6.72. The van der Waals surface area contributed by atoms with Crippen molar-refractivity contribution in [2.75, 3.05) is 20.6 Å². The van der Waals surface area contributed by atoms with Crippen molar-refractivity contribution in [2.45, 2.75) is 6.54 Å². The maximum absolute atomic E-state index is 12.9. The van der Waals surface area contributed by atoms with E-state index in [0.717, 1.165) is 45.3 Å².